The third kappa shape index (κ3) is 5.18. The second-order valence-corrected chi connectivity index (χ2v) is 9.43. The lowest BCUT2D eigenvalue weighted by molar-refractivity contribution is 0.418. The van der Waals surface area contributed by atoms with Crippen molar-refractivity contribution in [2.75, 3.05) is 0 Å². The van der Waals surface area contributed by atoms with Crippen LogP contribution >= 0.6 is 0 Å². The van der Waals surface area contributed by atoms with Gasteiger partial charge in [-0.15, -0.1) is 0 Å². The van der Waals surface area contributed by atoms with E-state index in [2.05, 4.69) is 121 Å². The van der Waals surface area contributed by atoms with Gasteiger partial charge in [-0.05, 0) is 53.0 Å². The second kappa shape index (κ2) is 10.5. The average Bonchev–Trinajstić information content (AvgIpc) is 2.94. The first-order valence-electron chi connectivity index (χ1n) is 12.4. The highest BCUT2D eigenvalue weighted by Crippen LogP contribution is 2.40. The first kappa shape index (κ1) is 23.4. The van der Waals surface area contributed by atoms with Crippen molar-refractivity contribution < 1.29 is 0 Å². The van der Waals surface area contributed by atoms with E-state index in [1.165, 1.54) is 11.1 Å². The van der Waals surface area contributed by atoms with Crippen LogP contribution < -0.4 is 0 Å². The van der Waals surface area contributed by atoms with E-state index in [9.17, 15) is 0 Å². The van der Waals surface area contributed by atoms with Gasteiger partial charge in [-0.3, -0.25) is 9.97 Å². The van der Waals surface area contributed by atoms with Crippen molar-refractivity contribution in [3.05, 3.63) is 168 Å². The van der Waals surface area contributed by atoms with Crippen LogP contribution in [0.2, 0.25) is 0 Å². The topological polar surface area (TPSA) is 25.8 Å². The Balaban J connectivity index is 1.53. The normalized spacial score (nSPS) is 20.2. The zero-order chi connectivity index (χ0) is 24.8. The molecule has 5 rings (SSSR count). The summed E-state index contributed by atoms with van der Waals surface area (Å²) in [6, 6.07) is 33.2. The standard InChI is InChI=1S/C34H30N2/c1-26-23-27(24-30(28-13-5-3-6-14-28)32-17-9-11-21-35-32)19-20-34(26,2)25-31(29-15-7-4-8-16-29)33-18-10-12-22-36-33/h3-26H,1-2H3. The van der Waals surface area contributed by atoms with E-state index < -0.39 is 0 Å². The second-order valence-electron chi connectivity index (χ2n) is 9.43. The molecule has 2 nitrogen and oxygen atoms in total. The van der Waals surface area contributed by atoms with Gasteiger partial charge in [0, 0.05) is 29.0 Å². The van der Waals surface area contributed by atoms with E-state index in [-0.39, 0.29) is 11.3 Å². The molecule has 0 saturated heterocycles. The molecule has 0 bridgehead atoms. The van der Waals surface area contributed by atoms with Crippen LogP contribution in [0.4, 0.5) is 0 Å². The number of hydrogen-bond acceptors (Lipinski definition) is 2. The van der Waals surface area contributed by atoms with E-state index in [0.29, 0.717) is 0 Å². The molecule has 0 amide bonds. The number of allylic oxidation sites excluding steroid dienone is 6. The SMILES string of the molecule is CC1C=C(C=C(c2ccccc2)c2ccccn2)C=CC1(C)C=C(c1ccccc1)c1ccccn1. The minimum absolute atomic E-state index is 0.155. The molecule has 2 aromatic heterocycles. The third-order valence-corrected chi connectivity index (χ3v) is 6.88. The van der Waals surface area contributed by atoms with Crippen LogP contribution in [0.5, 0.6) is 0 Å². The van der Waals surface area contributed by atoms with Gasteiger partial charge in [0.05, 0.1) is 11.4 Å². The summed E-state index contributed by atoms with van der Waals surface area (Å²) in [5, 5.41) is 0. The monoisotopic (exact) mass is 466 g/mol. The van der Waals surface area contributed by atoms with Crippen molar-refractivity contribution in [1.29, 1.82) is 0 Å². The van der Waals surface area contributed by atoms with Crippen LogP contribution in [0.3, 0.4) is 0 Å². The molecule has 1 aliphatic carbocycles. The lowest BCUT2D eigenvalue weighted by Gasteiger charge is -2.32. The highest BCUT2D eigenvalue weighted by molar-refractivity contribution is 5.81. The van der Waals surface area contributed by atoms with Crippen molar-refractivity contribution in [2.45, 2.75) is 13.8 Å². The lowest BCUT2D eigenvalue weighted by atomic mass is 9.72. The van der Waals surface area contributed by atoms with Crippen LogP contribution in [0.15, 0.2) is 145 Å². The molecule has 0 radical (unpaired) electrons. The zero-order valence-corrected chi connectivity index (χ0v) is 20.8. The van der Waals surface area contributed by atoms with Gasteiger partial charge in [0.2, 0.25) is 0 Å². The summed E-state index contributed by atoms with van der Waals surface area (Å²) in [6.45, 7) is 4.59. The van der Waals surface area contributed by atoms with Gasteiger partial charge in [0.1, 0.15) is 0 Å². The van der Waals surface area contributed by atoms with Crippen molar-refractivity contribution in [2.24, 2.45) is 11.3 Å². The zero-order valence-electron chi connectivity index (χ0n) is 20.8. The summed E-state index contributed by atoms with van der Waals surface area (Å²) >= 11 is 0. The fourth-order valence-electron chi connectivity index (χ4n) is 4.59. The molecule has 0 saturated carbocycles. The number of rotatable bonds is 6. The molecule has 0 aliphatic heterocycles. The summed E-state index contributed by atoms with van der Waals surface area (Å²) < 4.78 is 0. The van der Waals surface area contributed by atoms with Crippen LogP contribution in [-0.2, 0) is 0 Å². The number of pyridine rings is 2. The minimum atomic E-state index is -0.155. The molecule has 2 atom stereocenters. The Hall–Kier alpha value is -4.30. The molecular formula is C34H30N2. The van der Waals surface area contributed by atoms with Crippen molar-refractivity contribution in [1.82, 2.24) is 9.97 Å². The lowest BCUT2D eigenvalue weighted by Crippen LogP contribution is -2.22. The molecular weight excluding hydrogens is 436 g/mol. The smallest absolute Gasteiger partial charge is 0.0708 e. The van der Waals surface area contributed by atoms with Gasteiger partial charge in [-0.2, -0.15) is 0 Å². The van der Waals surface area contributed by atoms with Gasteiger partial charge >= 0.3 is 0 Å². The molecule has 2 unspecified atom stereocenters. The minimum Gasteiger partial charge on any atom is -0.256 e. The summed E-state index contributed by atoms with van der Waals surface area (Å²) in [7, 11) is 0. The first-order chi connectivity index (χ1) is 17.6. The molecule has 4 aromatic rings. The summed E-state index contributed by atoms with van der Waals surface area (Å²) in [6.07, 6.45) is 15.3. The predicted molar refractivity (Wildman–Crippen MR) is 150 cm³/mol. The fourth-order valence-corrected chi connectivity index (χ4v) is 4.59. The maximum Gasteiger partial charge on any atom is 0.0708 e. The van der Waals surface area contributed by atoms with E-state index in [4.69, 9.17) is 0 Å². The van der Waals surface area contributed by atoms with E-state index in [1.807, 2.05) is 42.7 Å². The van der Waals surface area contributed by atoms with E-state index in [0.717, 1.165) is 28.1 Å². The Kier molecular flexibility index (Phi) is 6.86. The highest BCUT2D eigenvalue weighted by atomic mass is 14.7. The van der Waals surface area contributed by atoms with Crippen LogP contribution in [0, 0.1) is 11.3 Å². The summed E-state index contributed by atoms with van der Waals surface area (Å²) in [5.41, 5.74) is 7.61. The number of hydrogen-bond donors (Lipinski definition) is 0. The van der Waals surface area contributed by atoms with Gasteiger partial charge in [0.15, 0.2) is 0 Å². The molecule has 2 heterocycles. The van der Waals surface area contributed by atoms with Crippen LogP contribution in [0.1, 0.15) is 36.4 Å². The Morgan fingerprint density at radius 3 is 1.75 bits per heavy atom. The first-order valence-corrected chi connectivity index (χ1v) is 12.4. The highest BCUT2D eigenvalue weighted by Gasteiger charge is 2.29. The Labute approximate surface area is 214 Å². The van der Waals surface area contributed by atoms with Gasteiger partial charge in [-0.1, -0.05) is 111 Å². The number of nitrogens with zero attached hydrogens (tertiary/aromatic N) is 2. The molecule has 36 heavy (non-hydrogen) atoms. The Bertz CT molecular complexity index is 1330. The number of aromatic nitrogens is 2. The molecule has 1 aliphatic rings. The van der Waals surface area contributed by atoms with Crippen molar-refractivity contribution in [3.63, 3.8) is 0 Å². The largest absolute Gasteiger partial charge is 0.256 e. The van der Waals surface area contributed by atoms with Gasteiger partial charge in [0.25, 0.3) is 0 Å². The van der Waals surface area contributed by atoms with Gasteiger partial charge in [-0.25, -0.2) is 0 Å². The van der Waals surface area contributed by atoms with Gasteiger partial charge < -0.3 is 0 Å². The predicted octanol–water partition coefficient (Wildman–Crippen LogP) is 8.18. The van der Waals surface area contributed by atoms with Crippen molar-refractivity contribution >= 4 is 11.1 Å². The molecule has 176 valence electrons. The number of benzene rings is 2. The maximum atomic E-state index is 4.67. The summed E-state index contributed by atoms with van der Waals surface area (Å²) in [4.78, 5) is 9.31. The molecule has 2 heteroatoms. The van der Waals surface area contributed by atoms with Crippen LogP contribution in [-0.4, -0.2) is 9.97 Å². The van der Waals surface area contributed by atoms with Crippen LogP contribution in [0.25, 0.3) is 11.1 Å². The van der Waals surface area contributed by atoms with E-state index >= 15 is 0 Å². The maximum absolute atomic E-state index is 4.67. The Morgan fingerprint density at radius 2 is 1.22 bits per heavy atom. The quantitative estimate of drug-likeness (QED) is 0.286. The van der Waals surface area contributed by atoms with Crippen molar-refractivity contribution in [3.8, 4) is 0 Å². The fraction of sp³-hybridized carbons (Fsp3) is 0.118. The molecule has 2 aromatic carbocycles. The molecule has 0 fully saturated rings. The molecule has 0 N–H and O–H groups in total. The molecule has 0 spiro atoms. The average molecular weight is 467 g/mol. The third-order valence-electron chi connectivity index (χ3n) is 6.88. The summed E-state index contributed by atoms with van der Waals surface area (Å²) in [5.74, 6) is 0.289. The Morgan fingerprint density at radius 1 is 0.694 bits per heavy atom. The van der Waals surface area contributed by atoms with E-state index in [1.54, 1.807) is 0 Å².